The molecule has 0 unspecified atom stereocenters. The van der Waals surface area contributed by atoms with Crippen LogP contribution in [0.4, 0.5) is 0 Å². The van der Waals surface area contributed by atoms with Crippen molar-refractivity contribution in [1.29, 1.82) is 0 Å². The van der Waals surface area contributed by atoms with Gasteiger partial charge in [0.15, 0.2) is 0 Å². The molecule has 0 saturated carbocycles. The second-order valence-corrected chi connectivity index (χ2v) is 5.87. The standard InChI is InChI=1S/C18H23N3O3/c1-23-14-6-7-15(17(13-14)24-2)16-5-3-11-21(16)18(22)8-12-20-10-4-9-19-20/h4,6-7,9-10,13,16H,3,5,8,11-12H2,1-2H3/t16-/m1/s1. The minimum Gasteiger partial charge on any atom is -0.497 e. The lowest BCUT2D eigenvalue weighted by Crippen LogP contribution is -2.31. The highest BCUT2D eigenvalue weighted by atomic mass is 16.5. The van der Waals surface area contributed by atoms with E-state index in [-0.39, 0.29) is 11.9 Å². The Bertz CT molecular complexity index is 685. The number of ether oxygens (including phenoxy) is 2. The average Bonchev–Trinajstić information content (AvgIpc) is 3.30. The van der Waals surface area contributed by atoms with Gasteiger partial charge in [-0.05, 0) is 31.0 Å². The van der Waals surface area contributed by atoms with E-state index in [4.69, 9.17) is 9.47 Å². The van der Waals surface area contributed by atoms with E-state index in [1.54, 1.807) is 25.1 Å². The molecule has 24 heavy (non-hydrogen) atoms. The van der Waals surface area contributed by atoms with E-state index in [0.29, 0.717) is 13.0 Å². The SMILES string of the molecule is COc1ccc([C@H]2CCCN2C(=O)CCn2cccn2)c(OC)c1. The summed E-state index contributed by atoms with van der Waals surface area (Å²) in [6, 6.07) is 7.73. The number of carbonyl (C=O) groups is 1. The summed E-state index contributed by atoms with van der Waals surface area (Å²) in [7, 11) is 3.28. The Hall–Kier alpha value is -2.50. The van der Waals surface area contributed by atoms with Gasteiger partial charge >= 0.3 is 0 Å². The number of hydrogen-bond acceptors (Lipinski definition) is 4. The summed E-state index contributed by atoms with van der Waals surface area (Å²) in [5.41, 5.74) is 1.04. The summed E-state index contributed by atoms with van der Waals surface area (Å²) in [4.78, 5) is 14.6. The molecule has 0 N–H and O–H groups in total. The van der Waals surface area contributed by atoms with E-state index in [2.05, 4.69) is 5.10 Å². The summed E-state index contributed by atoms with van der Waals surface area (Å²) in [6.45, 7) is 1.40. The number of likely N-dealkylation sites (tertiary alicyclic amines) is 1. The maximum Gasteiger partial charge on any atom is 0.224 e. The van der Waals surface area contributed by atoms with E-state index >= 15 is 0 Å². The van der Waals surface area contributed by atoms with Gasteiger partial charge in [0.2, 0.25) is 5.91 Å². The lowest BCUT2D eigenvalue weighted by Gasteiger charge is -2.26. The topological polar surface area (TPSA) is 56.6 Å². The zero-order chi connectivity index (χ0) is 16.9. The molecule has 1 fully saturated rings. The summed E-state index contributed by atoms with van der Waals surface area (Å²) >= 11 is 0. The molecule has 1 aliphatic heterocycles. The van der Waals surface area contributed by atoms with Crippen molar-refractivity contribution in [2.75, 3.05) is 20.8 Å². The number of amides is 1. The largest absolute Gasteiger partial charge is 0.497 e. The molecule has 1 aromatic heterocycles. The van der Waals surface area contributed by atoms with Crippen molar-refractivity contribution in [1.82, 2.24) is 14.7 Å². The van der Waals surface area contributed by atoms with Crippen molar-refractivity contribution >= 4 is 5.91 Å². The highest BCUT2D eigenvalue weighted by Crippen LogP contribution is 2.38. The molecule has 0 spiro atoms. The second kappa shape index (κ2) is 7.38. The third-order valence-corrected chi connectivity index (χ3v) is 4.49. The normalized spacial score (nSPS) is 17.1. The molecule has 128 valence electrons. The number of benzene rings is 1. The van der Waals surface area contributed by atoms with E-state index in [9.17, 15) is 4.79 Å². The Morgan fingerprint density at radius 2 is 2.21 bits per heavy atom. The fourth-order valence-corrected chi connectivity index (χ4v) is 3.27. The minimum absolute atomic E-state index is 0.0657. The first-order chi connectivity index (χ1) is 11.7. The van der Waals surface area contributed by atoms with E-state index < -0.39 is 0 Å². The van der Waals surface area contributed by atoms with Crippen molar-refractivity contribution in [2.24, 2.45) is 0 Å². The van der Waals surface area contributed by atoms with Gasteiger partial charge in [0.1, 0.15) is 11.5 Å². The first-order valence-corrected chi connectivity index (χ1v) is 8.21. The molecule has 1 aliphatic rings. The molecule has 6 heteroatoms. The predicted octanol–water partition coefficient (Wildman–Crippen LogP) is 2.65. The maximum absolute atomic E-state index is 12.7. The van der Waals surface area contributed by atoms with Gasteiger partial charge in [-0.15, -0.1) is 0 Å². The first kappa shape index (κ1) is 16.4. The number of nitrogens with zero attached hydrogens (tertiary/aromatic N) is 3. The summed E-state index contributed by atoms with van der Waals surface area (Å²) in [6.07, 6.45) is 6.02. The average molecular weight is 329 g/mol. The number of hydrogen-bond donors (Lipinski definition) is 0. The summed E-state index contributed by atoms with van der Waals surface area (Å²) in [5.74, 6) is 1.68. The zero-order valence-corrected chi connectivity index (χ0v) is 14.1. The van der Waals surface area contributed by atoms with Crippen LogP contribution in [-0.2, 0) is 11.3 Å². The fourth-order valence-electron chi connectivity index (χ4n) is 3.27. The van der Waals surface area contributed by atoms with Gasteiger partial charge in [-0.25, -0.2) is 0 Å². The smallest absolute Gasteiger partial charge is 0.224 e. The minimum atomic E-state index is 0.0657. The quantitative estimate of drug-likeness (QED) is 0.817. The Morgan fingerprint density at radius 3 is 2.92 bits per heavy atom. The van der Waals surface area contributed by atoms with E-state index in [1.807, 2.05) is 35.4 Å². The lowest BCUT2D eigenvalue weighted by molar-refractivity contribution is -0.132. The number of aromatic nitrogens is 2. The van der Waals surface area contributed by atoms with Crippen LogP contribution in [0.25, 0.3) is 0 Å². The molecule has 1 atom stereocenters. The molecule has 1 aromatic carbocycles. The number of methoxy groups -OCH3 is 2. The molecule has 0 aliphatic carbocycles. The van der Waals surface area contributed by atoms with Crippen LogP contribution in [0, 0.1) is 0 Å². The molecule has 0 bridgehead atoms. The molecular weight excluding hydrogens is 306 g/mol. The Kier molecular flexibility index (Phi) is 5.03. The molecule has 2 heterocycles. The first-order valence-electron chi connectivity index (χ1n) is 8.21. The predicted molar refractivity (Wildman–Crippen MR) is 90.1 cm³/mol. The fraction of sp³-hybridized carbons (Fsp3) is 0.444. The Morgan fingerprint density at radius 1 is 1.33 bits per heavy atom. The van der Waals surface area contributed by atoms with Crippen molar-refractivity contribution in [3.05, 3.63) is 42.2 Å². The van der Waals surface area contributed by atoms with Crippen LogP contribution in [-0.4, -0.2) is 41.4 Å². The van der Waals surface area contributed by atoms with Crippen LogP contribution in [0.5, 0.6) is 11.5 Å². The third kappa shape index (κ3) is 3.37. The Labute approximate surface area is 142 Å². The van der Waals surface area contributed by atoms with Crippen LogP contribution in [0.3, 0.4) is 0 Å². The van der Waals surface area contributed by atoms with E-state index in [1.165, 1.54) is 0 Å². The molecule has 1 saturated heterocycles. The molecule has 3 rings (SSSR count). The number of carbonyl (C=O) groups excluding carboxylic acids is 1. The van der Waals surface area contributed by atoms with Crippen LogP contribution in [0.15, 0.2) is 36.7 Å². The monoisotopic (exact) mass is 329 g/mol. The van der Waals surface area contributed by atoms with Crippen LogP contribution in [0.1, 0.15) is 30.9 Å². The van der Waals surface area contributed by atoms with Gasteiger partial charge in [0.05, 0.1) is 20.3 Å². The van der Waals surface area contributed by atoms with Gasteiger partial charge in [-0.3, -0.25) is 9.48 Å². The number of aryl methyl sites for hydroxylation is 1. The van der Waals surface area contributed by atoms with Crippen LogP contribution in [0.2, 0.25) is 0 Å². The molecule has 1 amide bonds. The van der Waals surface area contributed by atoms with Crippen molar-refractivity contribution < 1.29 is 14.3 Å². The van der Waals surface area contributed by atoms with Gasteiger partial charge in [-0.2, -0.15) is 5.10 Å². The summed E-state index contributed by atoms with van der Waals surface area (Å²) < 4.78 is 12.6. The van der Waals surface area contributed by atoms with Crippen molar-refractivity contribution in [3.8, 4) is 11.5 Å². The molecule has 2 aromatic rings. The van der Waals surface area contributed by atoms with Gasteiger partial charge in [0.25, 0.3) is 0 Å². The molecule has 6 nitrogen and oxygen atoms in total. The van der Waals surface area contributed by atoms with Crippen LogP contribution < -0.4 is 9.47 Å². The molecule has 0 radical (unpaired) electrons. The third-order valence-electron chi connectivity index (χ3n) is 4.49. The van der Waals surface area contributed by atoms with E-state index in [0.717, 1.165) is 36.4 Å². The van der Waals surface area contributed by atoms with Crippen molar-refractivity contribution in [3.63, 3.8) is 0 Å². The highest BCUT2D eigenvalue weighted by Gasteiger charge is 2.31. The number of rotatable bonds is 6. The van der Waals surface area contributed by atoms with Gasteiger partial charge < -0.3 is 14.4 Å². The van der Waals surface area contributed by atoms with Gasteiger partial charge in [0, 0.05) is 43.5 Å². The van der Waals surface area contributed by atoms with Crippen LogP contribution >= 0.6 is 0 Å². The Balaban J connectivity index is 1.74. The molecular formula is C18H23N3O3. The lowest BCUT2D eigenvalue weighted by atomic mass is 10.0. The van der Waals surface area contributed by atoms with Crippen molar-refractivity contribution in [2.45, 2.75) is 31.8 Å². The highest BCUT2D eigenvalue weighted by molar-refractivity contribution is 5.77. The van der Waals surface area contributed by atoms with Gasteiger partial charge in [-0.1, -0.05) is 0 Å². The maximum atomic E-state index is 12.7. The summed E-state index contributed by atoms with van der Waals surface area (Å²) in [5, 5.41) is 4.15. The second-order valence-electron chi connectivity index (χ2n) is 5.87. The zero-order valence-electron chi connectivity index (χ0n) is 14.1.